The van der Waals surface area contributed by atoms with Gasteiger partial charge in [0.1, 0.15) is 0 Å². The lowest BCUT2D eigenvalue weighted by atomic mass is 9.74. The first-order chi connectivity index (χ1) is 8.14. The summed E-state index contributed by atoms with van der Waals surface area (Å²) in [6.07, 6.45) is 2.86. The zero-order valence-electron chi connectivity index (χ0n) is 12.7. The highest BCUT2D eigenvalue weighted by molar-refractivity contribution is 4.86. The topological polar surface area (TPSA) is 60.7 Å². The van der Waals surface area contributed by atoms with E-state index in [-0.39, 0.29) is 24.5 Å². The Bertz CT molecular complexity index is 226. The van der Waals surface area contributed by atoms with Gasteiger partial charge in [0, 0.05) is 13.2 Å². The van der Waals surface area contributed by atoms with E-state index in [1.54, 1.807) is 0 Å². The largest absolute Gasteiger partial charge is 0.396 e. The van der Waals surface area contributed by atoms with Gasteiger partial charge in [0.2, 0.25) is 0 Å². The van der Waals surface area contributed by atoms with E-state index in [2.05, 4.69) is 13.8 Å². The lowest BCUT2D eigenvalue weighted by molar-refractivity contribution is -0.0428. The Labute approximate surface area is 112 Å². The molecule has 2 unspecified atom stereocenters. The molecular formula is C15H32O3. The van der Waals surface area contributed by atoms with E-state index >= 15 is 0 Å². The molecule has 3 N–H and O–H groups in total. The van der Waals surface area contributed by atoms with Crippen LogP contribution in [-0.4, -0.2) is 34.1 Å². The van der Waals surface area contributed by atoms with Crippen LogP contribution in [0.25, 0.3) is 0 Å². The zero-order chi connectivity index (χ0) is 14.4. The monoisotopic (exact) mass is 260 g/mol. The van der Waals surface area contributed by atoms with Crippen molar-refractivity contribution in [1.82, 2.24) is 0 Å². The third-order valence-corrected chi connectivity index (χ3v) is 3.44. The van der Waals surface area contributed by atoms with Gasteiger partial charge in [0.25, 0.3) is 0 Å². The van der Waals surface area contributed by atoms with Crippen molar-refractivity contribution in [3.8, 4) is 0 Å². The quantitative estimate of drug-likeness (QED) is 0.597. The van der Waals surface area contributed by atoms with Crippen molar-refractivity contribution in [3.63, 3.8) is 0 Å². The van der Waals surface area contributed by atoms with Gasteiger partial charge < -0.3 is 15.3 Å². The average Bonchev–Trinajstić information content (AvgIpc) is 2.24. The number of aliphatic hydroxyl groups is 3. The number of rotatable bonds is 9. The highest BCUT2D eigenvalue weighted by atomic mass is 16.3. The maximum absolute atomic E-state index is 10.8. The number of hydrogen-bond donors (Lipinski definition) is 3. The molecule has 0 aromatic carbocycles. The van der Waals surface area contributed by atoms with Crippen molar-refractivity contribution in [2.45, 2.75) is 65.9 Å². The van der Waals surface area contributed by atoms with Crippen LogP contribution in [0.1, 0.15) is 60.3 Å². The van der Waals surface area contributed by atoms with Crippen molar-refractivity contribution >= 4 is 0 Å². The van der Waals surface area contributed by atoms with Gasteiger partial charge >= 0.3 is 0 Å². The fraction of sp³-hybridized carbons (Fsp3) is 1.00. The molecule has 0 spiro atoms. The first kappa shape index (κ1) is 17.9. The maximum atomic E-state index is 10.8. The van der Waals surface area contributed by atoms with E-state index in [0.29, 0.717) is 18.8 Å². The van der Waals surface area contributed by atoms with Gasteiger partial charge in [-0.1, -0.05) is 34.6 Å². The Kier molecular flexibility index (Phi) is 7.41. The summed E-state index contributed by atoms with van der Waals surface area (Å²) in [5.41, 5.74) is -0.990. The Morgan fingerprint density at radius 1 is 1.06 bits per heavy atom. The smallest absolute Gasteiger partial charge is 0.0656 e. The molecule has 0 saturated heterocycles. The van der Waals surface area contributed by atoms with Gasteiger partial charge in [-0.3, -0.25) is 0 Å². The molecule has 0 aliphatic rings. The molecule has 3 heteroatoms. The summed E-state index contributed by atoms with van der Waals surface area (Å²) in [7, 11) is 0. The van der Waals surface area contributed by atoms with Gasteiger partial charge in [0.05, 0.1) is 5.60 Å². The standard InChI is InChI=1S/C15H32O3/c1-12(2)8-15(18,7-6-13(3)9-16)10-14(4,5)11-17/h12-13,16-18H,6-11H2,1-5H3. The molecule has 0 saturated carbocycles. The lowest BCUT2D eigenvalue weighted by Gasteiger charge is -2.37. The molecule has 0 fully saturated rings. The third-order valence-electron chi connectivity index (χ3n) is 3.44. The molecular weight excluding hydrogens is 228 g/mol. The first-order valence-electron chi connectivity index (χ1n) is 7.08. The SMILES string of the molecule is CC(C)CC(O)(CCC(C)CO)CC(C)(C)CO. The van der Waals surface area contributed by atoms with E-state index in [4.69, 9.17) is 5.11 Å². The predicted octanol–water partition coefficient (Wildman–Crippen LogP) is 2.58. The fourth-order valence-corrected chi connectivity index (χ4v) is 2.58. The normalized spacial score (nSPS) is 17.8. The molecule has 0 radical (unpaired) electrons. The minimum atomic E-state index is -0.732. The molecule has 0 amide bonds. The van der Waals surface area contributed by atoms with Crippen LogP contribution in [0.5, 0.6) is 0 Å². The second kappa shape index (κ2) is 7.46. The highest BCUT2D eigenvalue weighted by Gasteiger charge is 2.34. The molecule has 110 valence electrons. The molecule has 0 aliphatic carbocycles. The maximum Gasteiger partial charge on any atom is 0.0656 e. The second-order valence-corrected chi connectivity index (χ2v) is 7.15. The molecule has 0 bridgehead atoms. The fourth-order valence-electron chi connectivity index (χ4n) is 2.58. The summed E-state index contributed by atoms with van der Waals surface area (Å²) in [4.78, 5) is 0. The first-order valence-corrected chi connectivity index (χ1v) is 7.08. The van der Waals surface area contributed by atoms with Crippen LogP contribution in [0.15, 0.2) is 0 Å². The molecule has 0 aromatic heterocycles. The van der Waals surface area contributed by atoms with Gasteiger partial charge in [-0.2, -0.15) is 0 Å². The van der Waals surface area contributed by atoms with Crippen LogP contribution in [0, 0.1) is 17.3 Å². The van der Waals surface area contributed by atoms with Crippen LogP contribution in [-0.2, 0) is 0 Å². The van der Waals surface area contributed by atoms with Crippen LogP contribution >= 0.6 is 0 Å². The van der Waals surface area contributed by atoms with E-state index < -0.39 is 5.60 Å². The summed E-state index contributed by atoms with van der Waals surface area (Å²) >= 11 is 0. The van der Waals surface area contributed by atoms with Gasteiger partial charge in [-0.15, -0.1) is 0 Å². The van der Waals surface area contributed by atoms with Gasteiger partial charge in [0.15, 0.2) is 0 Å². The highest BCUT2D eigenvalue weighted by Crippen LogP contribution is 2.35. The Morgan fingerprint density at radius 2 is 1.61 bits per heavy atom. The van der Waals surface area contributed by atoms with E-state index in [9.17, 15) is 10.2 Å². The zero-order valence-corrected chi connectivity index (χ0v) is 12.7. The summed E-state index contributed by atoms with van der Waals surface area (Å²) in [5.74, 6) is 0.648. The van der Waals surface area contributed by atoms with Gasteiger partial charge in [-0.25, -0.2) is 0 Å². The van der Waals surface area contributed by atoms with Crippen molar-refractivity contribution in [2.75, 3.05) is 13.2 Å². The van der Waals surface area contributed by atoms with Crippen LogP contribution < -0.4 is 0 Å². The minimum Gasteiger partial charge on any atom is -0.396 e. The number of hydrogen-bond acceptors (Lipinski definition) is 3. The molecule has 3 nitrogen and oxygen atoms in total. The van der Waals surface area contributed by atoms with Crippen LogP contribution in [0.4, 0.5) is 0 Å². The minimum absolute atomic E-state index is 0.0863. The molecule has 0 aromatic rings. The van der Waals surface area contributed by atoms with E-state index in [0.717, 1.165) is 12.8 Å². The van der Waals surface area contributed by atoms with Gasteiger partial charge in [-0.05, 0) is 42.9 Å². The molecule has 2 atom stereocenters. The molecule has 0 aliphatic heterocycles. The van der Waals surface area contributed by atoms with E-state index in [1.807, 2.05) is 20.8 Å². The molecule has 0 heterocycles. The van der Waals surface area contributed by atoms with Crippen molar-refractivity contribution in [2.24, 2.45) is 17.3 Å². The summed E-state index contributed by atoms with van der Waals surface area (Å²) in [6, 6.07) is 0. The summed E-state index contributed by atoms with van der Waals surface area (Å²) < 4.78 is 0. The summed E-state index contributed by atoms with van der Waals surface area (Å²) in [5, 5.41) is 29.2. The van der Waals surface area contributed by atoms with Crippen LogP contribution in [0.2, 0.25) is 0 Å². The van der Waals surface area contributed by atoms with Crippen molar-refractivity contribution < 1.29 is 15.3 Å². The van der Waals surface area contributed by atoms with Crippen LogP contribution in [0.3, 0.4) is 0 Å². The van der Waals surface area contributed by atoms with Crippen molar-refractivity contribution in [1.29, 1.82) is 0 Å². The molecule has 18 heavy (non-hydrogen) atoms. The third kappa shape index (κ3) is 7.34. The van der Waals surface area contributed by atoms with E-state index in [1.165, 1.54) is 0 Å². The Balaban J connectivity index is 4.61. The summed E-state index contributed by atoms with van der Waals surface area (Å²) in [6.45, 7) is 10.4. The predicted molar refractivity (Wildman–Crippen MR) is 75.4 cm³/mol. The molecule has 0 rings (SSSR count). The number of aliphatic hydroxyl groups excluding tert-OH is 2. The Morgan fingerprint density at radius 3 is 2.00 bits per heavy atom. The lowest BCUT2D eigenvalue weighted by Crippen LogP contribution is -2.38. The van der Waals surface area contributed by atoms with Crippen molar-refractivity contribution in [3.05, 3.63) is 0 Å². The second-order valence-electron chi connectivity index (χ2n) is 7.15. The Hall–Kier alpha value is -0.120. The average molecular weight is 260 g/mol.